The van der Waals surface area contributed by atoms with Gasteiger partial charge in [-0.2, -0.15) is 0 Å². The number of benzene rings is 2. The molecule has 33 heavy (non-hydrogen) atoms. The molecule has 0 radical (unpaired) electrons. The lowest BCUT2D eigenvalue weighted by atomic mass is 10.2. The molecule has 1 heterocycles. The Morgan fingerprint density at radius 3 is 2.52 bits per heavy atom. The van der Waals surface area contributed by atoms with Crippen molar-refractivity contribution in [2.24, 2.45) is 0 Å². The van der Waals surface area contributed by atoms with E-state index in [4.69, 9.17) is 27.9 Å². The molecule has 3 aromatic rings. The van der Waals surface area contributed by atoms with E-state index in [0.29, 0.717) is 44.6 Å². The molecule has 0 aliphatic carbocycles. The zero-order valence-electron chi connectivity index (χ0n) is 18.3. The highest BCUT2D eigenvalue weighted by Gasteiger charge is 2.20. The number of hydrogen-bond donors (Lipinski definition) is 2. The van der Waals surface area contributed by atoms with Crippen LogP contribution in [0.4, 0.5) is 5.69 Å². The smallest absolute Gasteiger partial charge is 0.251 e. The van der Waals surface area contributed by atoms with E-state index in [1.54, 1.807) is 49.6 Å². The van der Waals surface area contributed by atoms with Gasteiger partial charge in [-0.3, -0.25) is 9.59 Å². The molecule has 0 unspecified atom stereocenters. The summed E-state index contributed by atoms with van der Waals surface area (Å²) in [5.41, 5.74) is 0.997. The van der Waals surface area contributed by atoms with Gasteiger partial charge in [0.25, 0.3) is 5.91 Å². The maximum atomic E-state index is 12.6. The van der Waals surface area contributed by atoms with Crippen molar-refractivity contribution in [1.29, 1.82) is 0 Å². The third-order valence-corrected chi connectivity index (χ3v) is 6.20. The van der Waals surface area contributed by atoms with Crippen molar-refractivity contribution in [3.05, 3.63) is 63.9 Å². The Balaban J connectivity index is 1.62. The zero-order valence-corrected chi connectivity index (χ0v) is 20.6. The fourth-order valence-electron chi connectivity index (χ4n) is 3.02. The number of rotatable bonds is 9. The molecule has 8 nitrogen and oxygen atoms in total. The first kappa shape index (κ1) is 24.9. The van der Waals surface area contributed by atoms with E-state index in [9.17, 15) is 9.59 Å². The number of thioether (sulfide) groups is 1. The molecule has 0 saturated carbocycles. The lowest BCUT2D eigenvalue weighted by Crippen LogP contribution is -2.28. The average Bonchev–Trinajstić information content (AvgIpc) is 3.22. The third-order valence-electron chi connectivity index (χ3n) is 4.69. The molecule has 11 heteroatoms. The minimum atomic E-state index is -0.386. The molecule has 1 aromatic heterocycles. The van der Waals surface area contributed by atoms with Gasteiger partial charge in [0, 0.05) is 17.1 Å². The van der Waals surface area contributed by atoms with Crippen LogP contribution in [0.5, 0.6) is 5.75 Å². The molecule has 0 fully saturated rings. The number of anilines is 1. The molecule has 0 aliphatic rings. The number of nitrogens with zero attached hydrogens (tertiary/aromatic N) is 3. The normalized spacial score (nSPS) is 11.7. The van der Waals surface area contributed by atoms with Crippen molar-refractivity contribution < 1.29 is 14.3 Å². The second-order valence-electron chi connectivity index (χ2n) is 6.97. The highest BCUT2D eigenvalue weighted by molar-refractivity contribution is 7.99. The zero-order chi connectivity index (χ0) is 24.0. The molecule has 0 saturated heterocycles. The molecule has 0 bridgehead atoms. The van der Waals surface area contributed by atoms with E-state index in [2.05, 4.69) is 20.8 Å². The molecule has 174 valence electrons. The van der Waals surface area contributed by atoms with Crippen molar-refractivity contribution in [3.8, 4) is 5.75 Å². The monoisotopic (exact) mass is 507 g/mol. The number of carbonyl (C=O) groups is 2. The predicted octanol–water partition coefficient (Wildman–Crippen LogP) is 4.84. The fraction of sp³-hybridized carbons (Fsp3) is 0.273. The number of amides is 2. The molecule has 2 amide bonds. The largest absolute Gasteiger partial charge is 0.497 e. The van der Waals surface area contributed by atoms with Crippen LogP contribution in [0.25, 0.3) is 0 Å². The Morgan fingerprint density at radius 2 is 1.88 bits per heavy atom. The standard InChI is InChI=1S/C22H23Cl2N5O3S/c1-4-29-20(13(2)25-21(31)14-5-8-16(32-3)9-6-14)27-28-22(29)33-12-19(30)26-18-10-7-15(23)11-17(18)24/h5-11,13H,4,12H2,1-3H3,(H,25,31)(H,26,30)/t13-/m1/s1. The van der Waals surface area contributed by atoms with Crippen LogP contribution in [-0.4, -0.2) is 39.4 Å². The summed E-state index contributed by atoms with van der Waals surface area (Å²) in [6.07, 6.45) is 0. The summed E-state index contributed by atoms with van der Waals surface area (Å²) in [5.74, 6) is 0.919. The van der Waals surface area contributed by atoms with Gasteiger partial charge in [-0.15, -0.1) is 10.2 Å². The lowest BCUT2D eigenvalue weighted by Gasteiger charge is -2.15. The van der Waals surface area contributed by atoms with E-state index in [1.165, 1.54) is 11.8 Å². The van der Waals surface area contributed by atoms with Crippen LogP contribution in [0, 0.1) is 0 Å². The van der Waals surface area contributed by atoms with Gasteiger partial charge in [0.05, 0.1) is 29.6 Å². The Hall–Kier alpha value is -2.75. The van der Waals surface area contributed by atoms with Gasteiger partial charge < -0.3 is 19.9 Å². The van der Waals surface area contributed by atoms with E-state index >= 15 is 0 Å². The van der Waals surface area contributed by atoms with Gasteiger partial charge in [-0.1, -0.05) is 35.0 Å². The van der Waals surface area contributed by atoms with Crippen molar-refractivity contribution in [3.63, 3.8) is 0 Å². The van der Waals surface area contributed by atoms with E-state index in [1.807, 2.05) is 18.4 Å². The first-order valence-electron chi connectivity index (χ1n) is 10.1. The quantitative estimate of drug-likeness (QED) is 0.402. The Morgan fingerprint density at radius 1 is 1.15 bits per heavy atom. The van der Waals surface area contributed by atoms with Gasteiger partial charge in [-0.25, -0.2) is 0 Å². The first-order valence-corrected chi connectivity index (χ1v) is 11.8. The Kier molecular flexibility index (Phi) is 8.60. The van der Waals surface area contributed by atoms with Gasteiger partial charge in [0.1, 0.15) is 5.75 Å². The molecule has 3 rings (SSSR count). The van der Waals surface area contributed by atoms with Gasteiger partial charge in [0.2, 0.25) is 5.91 Å². The van der Waals surface area contributed by atoms with Gasteiger partial charge in [-0.05, 0) is 56.3 Å². The highest BCUT2D eigenvalue weighted by Crippen LogP contribution is 2.26. The number of ether oxygens (including phenoxy) is 1. The summed E-state index contributed by atoms with van der Waals surface area (Å²) >= 11 is 13.2. The number of halogens is 2. The van der Waals surface area contributed by atoms with E-state index in [0.717, 1.165) is 0 Å². The van der Waals surface area contributed by atoms with Gasteiger partial charge >= 0.3 is 0 Å². The molecular formula is C22H23Cl2N5O3S. The van der Waals surface area contributed by atoms with Crippen molar-refractivity contribution in [2.45, 2.75) is 31.6 Å². The predicted molar refractivity (Wildman–Crippen MR) is 130 cm³/mol. The summed E-state index contributed by atoms with van der Waals surface area (Å²) < 4.78 is 6.99. The number of hydrogen-bond acceptors (Lipinski definition) is 6. The van der Waals surface area contributed by atoms with E-state index < -0.39 is 0 Å². The maximum absolute atomic E-state index is 12.6. The summed E-state index contributed by atoms with van der Waals surface area (Å²) in [7, 11) is 1.57. The van der Waals surface area contributed by atoms with E-state index in [-0.39, 0.29) is 23.6 Å². The first-order chi connectivity index (χ1) is 15.8. The van der Waals surface area contributed by atoms with Crippen molar-refractivity contribution >= 4 is 52.5 Å². The fourth-order valence-corrected chi connectivity index (χ4v) is 4.28. The van der Waals surface area contributed by atoms with Crippen LogP contribution in [0.1, 0.15) is 36.1 Å². The number of carbonyl (C=O) groups excluding carboxylic acids is 2. The van der Waals surface area contributed by atoms with Gasteiger partial charge in [0.15, 0.2) is 11.0 Å². The average molecular weight is 508 g/mol. The summed E-state index contributed by atoms with van der Waals surface area (Å²) in [6.45, 7) is 4.36. The van der Waals surface area contributed by atoms with Crippen LogP contribution in [0.3, 0.4) is 0 Å². The molecule has 2 N–H and O–H groups in total. The summed E-state index contributed by atoms with van der Waals surface area (Å²) in [4.78, 5) is 24.9. The topological polar surface area (TPSA) is 98.1 Å². The van der Waals surface area contributed by atoms with Crippen LogP contribution < -0.4 is 15.4 Å². The van der Waals surface area contributed by atoms with Crippen LogP contribution in [0.2, 0.25) is 10.0 Å². The van der Waals surface area contributed by atoms with Crippen molar-refractivity contribution in [1.82, 2.24) is 20.1 Å². The molecule has 0 spiro atoms. The third kappa shape index (κ3) is 6.40. The minimum Gasteiger partial charge on any atom is -0.497 e. The number of aromatic nitrogens is 3. The summed E-state index contributed by atoms with van der Waals surface area (Å²) in [6, 6.07) is 11.3. The SMILES string of the molecule is CCn1c(SCC(=O)Nc2ccc(Cl)cc2Cl)nnc1[C@@H](C)NC(=O)c1ccc(OC)cc1. The second-order valence-corrected chi connectivity index (χ2v) is 8.76. The summed E-state index contributed by atoms with van der Waals surface area (Å²) in [5, 5.41) is 15.6. The van der Waals surface area contributed by atoms with Crippen LogP contribution in [0.15, 0.2) is 47.6 Å². The lowest BCUT2D eigenvalue weighted by molar-refractivity contribution is -0.113. The Labute approximate surface area is 206 Å². The molecule has 0 aliphatic heterocycles. The number of methoxy groups -OCH3 is 1. The minimum absolute atomic E-state index is 0.115. The Bertz CT molecular complexity index is 1140. The second kappa shape index (κ2) is 11.4. The van der Waals surface area contributed by atoms with Crippen molar-refractivity contribution in [2.75, 3.05) is 18.2 Å². The maximum Gasteiger partial charge on any atom is 0.251 e. The molecular weight excluding hydrogens is 485 g/mol. The van der Waals surface area contributed by atoms with Crippen LogP contribution >= 0.6 is 35.0 Å². The molecule has 2 aromatic carbocycles. The number of nitrogens with one attached hydrogen (secondary N) is 2. The highest BCUT2D eigenvalue weighted by atomic mass is 35.5. The van der Waals surface area contributed by atoms with Crippen LogP contribution in [-0.2, 0) is 11.3 Å². The molecule has 1 atom stereocenters.